The lowest BCUT2D eigenvalue weighted by Crippen LogP contribution is -2.68. The molecule has 0 saturated carbocycles. The van der Waals surface area contributed by atoms with E-state index in [1.165, 1.54) is 19.2 Å². The predicted octanol–water partition coefficient (Wildman–Crippen LogP) is 0.246. The molecule has 6 N–H and O–H groups in total. The highest BCUT2D eigenvalue weighted by atomic mass is 32.3. The molecular weight excluding hydrogens is 572 g/mol. The lowest BCUT2D eigenvalue weighted by atomic mass is 9.74. The van der Waals surface area contributed by atoms with Crippen molar-refractivity contribution in [2.75, 3.05) is 25.5 Å². The van der Waals surface area contributed by atoms with Crippen LogP contribution in [0, 0.1) is 5.92 Å². The number of carbonyl (C=O) groups is 3. The summed E-state index contributed by atoms with van der Waals surface area (Å²) in [6, 6.07) is 6.40. The maximum Gasteiger partial charge on any atom is 0.418 e. The summed E-state index contributed by atoms with van der Waals surface area (Å²) in [6.45, 7) is 2.43. The summed E-state index contributed by atoms with van der Waals surface area (Å²) in [5, 5.41) is 14.7. The number of hydrogen-bond acceptors (Lipinski definition) is 13. The number of nitrogens with two attached hydrogens (primary N) is 2. The number of benzene rings is 1. The fraction of sp³-hybridized carbons (Fsp3) is 0.364. The number of aromatic nitrogens is 1. The third kappa shape index (κ3) is 7.72. The number of thiazole rings is 1. The van der Waals surface area contributed by atoms with Gasteiger partial charge in [0.05, 0.1) is 11.5 Å². The Morgan fingerprint density at radius 1 is 1.23 bits per heavy atom. The average molecular weight is 599 g/mol. The Balaban J connectivity index is 1.60. The molecule has 0 bridgehead atoms. The molecule has 216 valence electrons. The molecule has 1 aromatic heterocycles. The van der Waals surface area contributed by atoms with E-state index in [1.807, 2.05) is 0 Å². The lowest BCUT2D eigenvalue weighted by molar-refractivity contribution is -0.228. The third-order valence-electron chi connectivity index (χ3n) is 5.60. The number of amides is 1. The van der Waals surface area contributed by atoms with Gasteiger partial charge in [-0.2, -0.15) is 13.5 Å². The van der Waals surface area contributed by atoms with Crippen molar-refractivity contribution in [1.29, 1.82) is 0 Å². The number of carboxylic acid groups (broad SMARTS) is 1. The van der Waals surface area contributed by atoms with Gasteiger partial charge < -0.3 is 26.1 Å². The first kappa shape index (κ1) is 30.4. The van der Waals surface area contributed by atoms with Gasteiger partial charge in [0.25, 0.3) is 5.91 Å². The van der Waals surface area contributed by atoms with Gasteiger partial charge in [-0.3, -0.25) is 23.9 Å². The molecule has 0 spiro atoms. The highest BCUT2D eigenvalue weighted by molar-refractivity contribution is 7.80. The molecule has 1 amide bonds. The number of hydrogen-bond donors (Lipinski definition) is 4. The molecule has 0 aliphatic carbocycles. The molecule has 1 aliphatic rings. The SMILES string of the molecule is CC1(C)C(CC(=O)/C(=N\OCCOc2ccc(C(N)=NCC(=O)O)cc2)c2csc(N)n2)C(=O)N1OS(=O)(=O)O. The first-order valence-electron chi connectivity index (χ1n) is 11.4. The van der Waals surface area contributed by atoms with Crippen molar-refractivity contribution in [2.45, 2.75) is 25.8 Å². The second-order valence-electron chi connectivity index (χ2n) is 8.78. The van der Waals surface area contributed by atoms with Gasteiger partial charge in [-0.25, -0.2) is 4.98 Å². The molecule has 1 fully saturated rings. The van der Waals surface area contributed by atoms with Gasteiger partial charge in [0.15, 0.2) is 23.2 Å². The zero-order valence-corrected chi connectivity index (χ0v) is 22.8. The van der Waals surface area contributed by atoms with Gasteiger partial charge in [0.1, 0.15) is 30.4 Å². The second kappa shape index (κ2) is 12.4. The number of β-lactam (4-membered cyclic amide) rings is 1. The molecule has 1 unspecified atom stereocenters. The Bertz CT molecular complexity index is 1440. The molecule has 1 aromatic carbocycles. The van der Waals surface area contributed by atoms with Crippen LogP contribution >= 0.6 is 11.3 Å². The van der Waals surface area contributed by atoms with Crippen molar-refractivity contribution in [3.63, 3.8) is 0 Å². The number of amidine groups is 1. The summed E-state index contributed by atoms with van der Waals surface area (Å²) in [5.74, 6) is -3.00. The van der Waals surface area contributed by atoms with Crippen LogP contribution in [0.2, 0.25) is 0 Å². The van der Waals surface area contributed by atoms with Crippen molar-refractivity contribution in [3.8, 4) is 5.75 Å². The minimum atomic E-state index is -4.93. The number of ketones is 1. The number of nitrogen functional groups attached to an aromatic ring is 1. The number of hydroxylamine groups is 2. The van der Waals surface area contributed by atoms with Crippen LogP contribution in [-0.4, -0.2) is 82.6 Å². The molecule has 2 heterocycles. The summed E-state index contributed by atoms with van der Waals surface area (Å²) < 4.78 is 40.8. The standard InChI is InChI=1S/C22H26N6O10S2/c1-22(2)14(20(32)28(22)38-40(33,34)35)9-16(29)18(15-11-39-21(24)26-15)27-37-8-7-36-13-5-3-12(4-6-13)19(23)25-10-17(30)31/h3-6,11,14H,7-10H2,1-2H3,(H2,23,25)(H2,24,26)(H,30,31)(H,33,34,35)/b27-18-. The molecule has 16 nitrogen and oxygen atoms in total. The third-order valence-corrected chi connectivity index (χ3v) is 6.61. The van der Waals surface area contributed by atoms with Gasteiger partial charge in [0, 0.05) is 17.4 Å². The highest BCUT2D eigenvalue weighted by Crippen LogP contribution is 2.40. The predicted molar refractivity (Wildman–Crippen MR) is 141 cm³/mol. The van der Waals surface area contributed by atoms with Gasteiger partial charge in [-0.15, -0.1) is 15.6 Å². The van der Waals surface area contributed by atoms with E-state index in [9.17, 15) is 22.8 Å². The molecule has 2 aromatic rings. The molecule has 3 rings (SSSR count). The maximum atomic E-state index is 13.1. The topological polar surface area (TPSA) is 246 Å². The van der Waals surface area contributed by atoms with Crippen LogP contribution in [0.25, 0.3) is 0 Å². The van der Waals surface area contributed by atoms with E-state index < -0.39 is 46.1 Å². The Kier molecular flexibility index (Phi) is 9.40. The van der Waals surface area contributed by atoms with Gasteiger partial charge in [0.2, 0.25) is 0 Å². The molecular formula is C22H26N6O10S2. The average Bonchev–Trinajstić information content (AvgIpc) is 3.31. The molecule has 18 heteroatoms. The number of carbonyl (C=O) groups excluding carboxylic acids is 2. The molecule has 40 heavy (non-hydrogen) atoms. The molecule has 1 aliphatic heterocycles. The van der Waals surface area contributed by atoms with Crippen LogP contribution in [0.5, 0.6) is 5.75 Å². The quantitative estimate of drug-likeness (QED) is 0.0569. The van der Waals surface area contributed by atoms with Crippen LogP contribution in [0.4, 0.5) is 5.13 Å². The smallest absolute Gasteiger partial charge is 0.418 e. The number of nitrogens with zero attached hydrogens (tertiary/aromatic N) is 4. The normalized spacial score (nSPS) is 17.3. The minimum Gasteiger partial charge on any atom is -0.490 e. The summed E-state index contributed by atoms with van der Waals surface area (Å²) in [5.41, 5.74) is 10.6. The zero-order chi connectivity index (χ0) is 29.7. The minimum absolute atomic E-state index is 0.0299. The van der Waals surface area contributed by atoms with Crippen molar-refractivity contribution in [3.05, 3.63) is 40.9 Å². The lowest BCUT2D eigenvalue weighted by Gasteiger charge is -2.50. The van der Waals surface area contributed by atoms with E-state index in [0.717, 1.165) is 11.3 Å². The van der Waals surface area contributed by atoms with Gasteiger partial charge >= 0.3 is 16.4 Å². The summed E-state index contributed by atoms with van der Waals surface area (Å²) in [7, 11) is -4.93. The number of rotatable bonds is 14. The largest absolute Gasteiger partial charge is 0.490 e. The van der Waals surface area contributed by atoms with Crippen LogP contribution in [0.1, 0.15) is 31.5 Å². The Hall–Kier alpha value is -4.13. The number of oxime groups is 1. The van der Waals surface area contributed by atoms with Crippen LogP contribution in [0.3, 0.4) is 0 Å². The zero-order valence-electron chi connectivity index (χ0n) is 21.2. The Morgan fingerprint density at radius 2 is 1.90 bits per heavy atom. The van der Waals surface area contributed by atoms with Crippen molar-refractivity contribution >= 4 is 56.1 Å². The van der Waals surface area contributed by atoms with E-state index in [1.54, 1.807) is 24.3 Å². The number of Topliss-reactive ketones (excluding diaryl/α,β-unsaturated/α-hetero) is 1. The molecule has 1 atom stereocenters. The number of anilines is 1. The summed E-state index contributed by atoms with van der Waals surface area (Å²) >= 11 is 1.06. The number of carboxylic acids is 1. The first-order chi connectivity index (χ1) is 18.7. The van der Waals surface area contributed by atoms with Gasteiger partial charge in [-0.05, 0) is 38.1 Å². The van der Waals surface area contributed by atoms with Crippen molar-refractivity contribution in [2.24, 2.45) is 21.8 Å². The molecule has 0 radical (unpaired) electrons. The van der Waals surface area contributed by atoms with E-state index >= 15 is 0 Å². The van der Waals surface area contributed by atoms with Crippen LogP contribution in [-0.2, 0) is 33.9 Å². The van der Waals surface area contributed by atoms with E-state index in [-0.39, 0.29) is 42.0 Å². The fourth-order valence-corrected chi connectivity index (χ4v) is 4.56. The van der Waals surface area contributed by atoms with E-state index in [4.69, 9.17) is 30.7 Å². The van der Waals surface area contributed by atoms with E-state index in [0.29, 0.717) is 16.4 Å². The maximum absolute atomic E-state index is 13.1. The fourth-order valence-electron chi connectivity index (χ4n) is 3.56. The summed E-state index contributed by atoms with van der Waals surface area (Å²) in [6.07, 6.45) is -0.376. The number of ether oxygens (including phenoxy) is 1. The Morgan fingerprint density at radius 3 is 2.45 bits per heavy atom. The van der Waals surface area contributed by atoms with E-state index in [2.05, 4.69) is 19.4 Å². The Labute approximate surface area is 232 Å². The van der Waals surface area contributed by atoms with Gasteiger partial charge in [-0.1, -0.05) is 5.16 Å². The second-order valence-corrected chi connectivity index (χ2v) is 10.7. The monoisotopic (exact) mass is 598 g/mol. The first-order valence-corrected chi connectivity index (χ1v) is 13.6. The van der Waals surface area contributed by atoms with Crippen LogP contribution in [0.15, 0.2) is 39.8 Å². The summed E-state index contributed by atoms with van der Waals surface area (Å²) in [4.78, 5) is 49.1. The van der Waals surface area contributed by atoms with Crippen LogP contribution < -0.4 is 16.2 Å². The molecule has 1 saturated heterocycles. The number of aliphatic carboxylic acids is 1. The van der Waals surface area contributed by atoms with Crippen molar-refractivity contribution < 1.29 is 46.3 Å². The highest BCUT2D eigenvalue weighted by Gasteiger charge is 2.57. The van der Waals surface area contributed by atoms with Crippen molar-refractivity contribution in [1.82, 2.24) is 10.0 Å². The number of aliphatic imine (C=N–C) groups is 1.